The van der Waals surface area contributed by atoms with Crippen LogP contribution >= 0.6 is 24.0 Å². The van der Waals surface area contributed by atoms with E-state index in [1.165, 1.54) is 13.2 Å². The van der Waals surface area contributed by atoms with Crippen molar-refractivity contribution in [2.24, 2.45) is 0 Å². The molecule has 6 nitrogen and oxygen atoms in total. The standard InChI is InChI=1S/C15H23ClN2O4.ClH/c1-20-7-4-5-18(6-8-21-2)15(19)11-9-12(16)13(17)10-14(11)22-3;/h9-10H,4-8,17H2,1-3H3;1H. The van der Waals surface area contributed by atoms with Gasteiger partial charge in [-0.25, -0.2) is 0 Å². The summed E-state index contributed by atoms with van der Waals surface area (Å²) < 4.78 is 15.3. The third-order valence-corrected chi connectivity index (χ3v) is 3.51. The first-order valence-electron chi connectivity index (χ1n) is 6.95. The molecule has 1 amide bonds. The van der Waals surface area contributed by atoms with E-state index in [1.807, 2.05) is 0 Å². The van der Waals surface area contributed by atoms with Crippen molar-refractivity contribution >= 4 is 35.6 Å². The first kappa shape index (κ1) is 21.8. The van der Waals surface area contributed by atoms with E-state index in [9.17, 15) is 4.79 Å². The number of nitrogens with zero attached hydrogens (tertiary/aromatic N) is 1. The molecule has 0 fully saturated rings. The first-order chi connectivity index (χ1) is 10.5. The van der Waals surface area contributed by atoms with Crippen LogP contribution in [0.2, 0.25) is 5.02 Å². The molecule has 23 heavy (non-hydrogen) atoms. The Bertz CT molecular complexity index is 501. The van der Waals surface area contributed by atoms with Crippen LogP contribution in [0.5, 0.6) is 5.75 Å². The Balaban J connectivity index is 0.00000484. The van der Waals surface area contributed by atoms with Gasteiger partial charge in [-0.05, 0) is 12.5 Å². The van der Waals surface area contributed by atoms with Crippen molar-refractivity contribution in [2.75, 3.05) is 53.4 Å². The van der Waals surface area contributed by atoms with Crippen molar-refractivity contribution in [1.29, 1.82) is 0 Å². The second-order valence-electron chi connectivity index (χ2n) is 4.71. The van der Waals surface area contributed by atoms with Crippen molar-refractivity contribution in [3.63, 3.8) is 0 Å². The lowest BCUT2D eigenvalue weighted by atomic mass is 10.1. The molecule has 1 aromatic rings. The first-order valence-corrected chi connectivity index (χ1v) is 7.33. The van der Waals surface area contributed by atoms with Crippen molar-refractivity contribution in [1.82, 2.24) is 4.90 Å². The van der Waals surface area contributed by atoms with Crippen LogP contribution in [0.3, 0.4) is 0 Å². The van der Waals surface area contributed by atoms with Crippen LogP contribution in [0.1, 0.15) is 16.8 Å². The second kappa shape index (κ2) is 11.3. The summed E-state index contributed by atoms with van der Waals surface area (Å²) in [6, 6.07) is 3.09. The van der Waals surface area contributed by atoms with Crippen molar-refractivity contribution < 1.29 is 19.0 Å². The van der Waals surface area contributed by atoms with Crippen LogP contribution in [-0.4, -0.2) is 58.4 Å². The van der Waals surface area contributed by atoms with E-state index in [4.69, 9.17) is 31.5 Å². The number of ether oxygens (including phenoxy) is 3. The van der Waals surface area contributed by atoms with E-state index >= 15 is 0 Å². The molecule has 1 aromatic carbocycles. The van der Waals surface area contributed by atoms with Gasteiger partial charge < -0.3 is 24.8 Å². The molecule has 0 saturated carbocycles. The zero-order valence-electron chi connectivity index (χ0n) is 13.6. The largest absolute Gasteiger partial charge is 0.496 e. The van der Waals surface area contributed by atoms with Crippen LogP contribution < -0.4 is 10.5 Å². The maximum Gasteiger partial charge on any atom is 0.257 e. The quantitative estimate of drug-likeness (QED) is 0.536. The molecular weight excluding hydrogens is 343 g/mol. The van der Waals surface area contributed by atoms with Crippen LogP contribution in [0.4, 0.5) is 5.69 Å². The molecule has 0 aliphatic rings. The van der Waals surface area contributed by atoms with E-state index in [-0.39, 0.29) is 18.3 Å². The van der Waals surface area contributed by atoms with Gasteiger partial charge in [0.05, 0.1) is 30.0 Å². The molecule has 0 unspecified atom stereocenters. The number of carbonyl (C=O) groups excluding carboxylic acids is 1. The molecular formula is C15H24Cl2N2O4. The average Bonchev–Trinajstić information content (AvgIpc) is 2.52. The minimum atomic E-state index is -0.174. The van der Waals surface area contributed by atoms with Gasteiger partial charge >= 0.3 is 0 Å². The molecule has 0 atom stereocenters. The van der Waals surface area contributed by atoms with Crippen molar-refractivity contribution in [3.05, 3.63) is 22.7 Å². The Labute approximate surface area is 148 Å². The zero-order chi connectivity index (χ0) is 16.5. The molecule has 2 N–H and O–H groups in total. The summed E-state index contributed by atoms with van der Waals surface area (Å²) in [7, 11) is 4.71. The smallest absolute Gasteiger partial charge is 0.257 e. The number of halogens is 2. The number of rotatable bonds is 9. The van der Waals surface area contributed by atoms with Gasteiger partial charge in [0.1, 0.15) is 5.75 Å². The lowest BCUT2D eigenvalue weighted by Gasteiger charge is -2.23. The summed E-state index contributed by atoms with van der Waals surface area (Å²) in [6.07, 6.45) is 0.733. The van der Waals surface area contributed by atoms with Gasteiger partial charge in [-0.15, -0.1) is 12.4 Å². The fourth-order valence-corrected chi connectivity index (χ4v) is 2.16. The molecule has 8 heteroatoms. The summed E-state index contributed by atoms with van der Waals surface area (Å²) in [6.45, 7) is 2.06. The predicted molar refractivity (Wildman–Crippen MR) is 93.9 cm³/mol. The van der Waals surface area contributed by atoms with Gasteiger partial charge in [0.25, 0.3) is 5.91 Å². The number of hydrogen-bond acceptors (Lipinski definition) is 5. The zero-order valence-corrected chi connectivity index (χ0v) is 15.2. The summed E-state index contributed by atoms with van der Waals surface area (Å²) in [5, 5.41) is 0.327. The third-order valence-electron chi connectivity index (χ3n) is 3.18. The van der Waals surface area contributed by atoms with Gasteiger partial charge in [-0.3, -0.25) is 4.79 Å². The number of anilines is 1. The summed E-state index contributed by atoms with van der Waals surface area (Å²) in [5.74, 6) is 0.230. The lowest BCUT2D eigenvalue weighted by molar-refractivity contribution is 0.0671. The van der Waals surface area contributed by atoms with Gasteiger partial charge in [0, 0.05) is 40.0 Å². The number of nitrogens with two attached hydrogens (primary N) is 1. The molecule has 0 radical (unpaired) electrons. The molecule has 0 heterocycles. The SMILES string of the molecule is COCCCN(CCOC)C(=O)c1cc(Cl)c(N)cc1OC.Cl. The minimum Gasteiger partial charge on any atom is -0.496 e. The van der Waals surface area contributed by atoms with Crippen molar-refractivity contribution in [2.45, 2.75) is 6.42 Å². The van der Waals surface area contributed by atoms with Crippen LogP contribution in [0.25, 0.3) is 0 Å². The van der Waals surface area contributed by atoms with Gasteiger partial charge in [0.15, 0.2) is 0 Å². The Kier molecular flexibility index (Phi) is 10.7. The molecule has 0 bridgehead atoms. The fourth-order valence-electron chi connectivity index (χ4n) is 1.99. The van der Waals surface area contributed by atoms with Crippen LogP contribution in [0, 0.1) is 0 Å². The van der Waals surface area contributed by atoms with Crippen LogP contribution in [0.15, 0.2) is 12.1 Å². The highest BCUT2D eigenvalue weighted by molar-refractivity contribution is 6.33. The van der Waals surface area contributed by atoms with Gasteiger partial charge in [-0.1, -0.05) is 11.6 Å². The highest BCUT2D eigenvalue weighted by Gasteiger charge is 2.20. The summed E-state index contributed by atoms with van der Waals surface area (Å²) >= 11 is 6.03. The Morgan fingerprint density at radius 3 is 2.39 bits per heavy atom. The van der Waals surface area contributed by atoms with E-state index in [2.05, 4.69) is 0 Å². The van der Waals surface area contributed by atoms with Gasteiger partial charge in [-0.2, -0.15) is 0 Å². The molecule has 0 spiro atoms. The monoisotopic (exact) mass is 366 g/mol. The number of methoxy groups -OCH3 is 3. The number of nitrogen functional groups attached to an aromatic ring is 1. The molecule has 132 valence electrons. The minimum absolute atomic E-state index is 0. The number of amides is 1. The maximum absolute atomic E-state index is 12.7. The van der Waals surface area contributed by atoms with E-state index in [0.29, 0.717) is 48.3 Å². The van der Waals surface area contributed by atoms with Crippen LogP contribution in [-0.2, 0) is 9.47 Å². The predicted octanol–water partition coefficient (Wildman–Crippen LogP) is 2.48. The number of benzene rings is 1. The molecule has 0 aromatic heterocycles. The normalized spacial score (nSPS) is 10.1. The highest BCUT2D eigenvalue weighted by atomic mass is 35.5. The van der Waals surface area contributed by atoms with Crippen molar-refractivity contribution in [3.8, 4) is 5.75 Å². The Hall–Kier alpha value is -1.21. The number of hydrogen-bond donors (Lipinski definition) is 1. The summed E-state index contributed by atoms with van der Waals surface area (Å²) in [5.41, 5.74) is 6.50. The molecule has 0 saturated heterocycles. The Morgan fingerprint density at radius 1 is 1.17 bits per heavy atom. The fraction of sp³-hybridized carbons (Fsp3) is 0.533. The topological polar surface area (TPSA) is 74.0 Å². The highest BCUT2D eigenvalue weighted by Crippen LogP contribution is 2.29. The Morgan fingerprint density at radius 2 is 1.83 bits per heavy atom. The van der Waals surface area contributed by atoms with E-state index in [0.717, 1.165) is 6.42 Å². The molecule has 0 aliphatic heterocycles. The number of carbonyl (C=O) groups is 1. The average molecular weight is 367 g/mol. The second-order valence-corrected chi connectivity index (χ2v) is 5.11. The maximum atomic E-state index is 12.7. The lowest BCUT2D eigenvalue weighted by Crippen LogP contribution is -2.35. The molecule has 1 rings (SSSR count). The van der Waals surface area contributed by atoms with E-state index < -0.39 is 0 Å². The third kappa shape index (κ3) is 6.43. The summed E-state index contributed by atoms with van der Waals surface area (Å²) in [4.78, 5) is 14.4. The van der Waals surface area contributed by atoms with Gasteiger partial charge in [0.2, 0.25) is 0 Å². The molecule has 0 aliphatic carbocycles. The van der Waals surface area contributed by atoms with E-state index in [1.54, 1.807) is 25.2 Å².